The molecule has 0 aromatic carbocycles. The van der Waals surface area contributed by atoms with Gasteiger partial charge in [-0.3, -0.25) is 4.68 Å². The molecule has 0 aliphatic carbocycles. The molecule has 0 bridgehead atoms. The molecule has 1 atom stereocenters. The molecule has 0 saturated carbocycles. The molecular formula is C12H13F3N4O2. The summed E-state index contributed by atoms with van der Waals surface area (Å²) in [6.07, 6.45) is -1.67. The monoisotopic (exact) mass is 302 g/mol. The van der Waals surface area contributed by atoms with E-state index in [1.807, 2.05) is 0 Å². The Labute approximate surface area is 117 Å². The van der Waals surface area contributed by atoms with Gasteiger partial charge in [-0.25, -0.2) is 0 Å². The molecule has 114 valence electrons. The maximum absolute atomic E-state index is 12.9. The van der Waals surface area contributed by atoms with Crippen molar-refractivity contribution in [3.05, 3.63) is 17.8 Å². The first-order valence-corrected chi connectivity index (χ1v) is 6.47. The largest absolute Gasteiger partial charge is 0.435 e. The van der Waals surface area contributed by atoms with E-state index >= 15 is 0 Å². The molecule has 3 rings (SSSR count). The van der Waals surface area contributed by atoms with Crippen molar-refractivity contribution in [3.63, 3.8) is 0 Å². The molecule has 0 radical (unpaired) electrons. The maximum Gasteiger partial charge on any atom is 0.435 e. The van der Waals surface area contributed by atoms with E-state index in [0.717, 1.165) is 17.5 Å². The minimum Gasteiger partial charge on any atom is -0.420 e. The van der Waals surface area contributed by atoms with Gasteiger partial charge in [-0.2, -0.15) is 18.3 Å². The molecule has 3 heterocycles. The predicted octanol–water partition coefficient (Wildman–Crippen LogP) is 2.38. The molecule has 1 aliphatic rings. The van der Waals surface area contributed by atoms with Crippen molar-refractivity contribution < 1.29 is 22.3 Å². The van der Waals surface area contributed by atoms with E-state index in [4.69, 9.17) is 9.15 Å². The van der Waals surface area contributed by atoms with Crippen molar-refractivity contribution in [1.82, 2.24) is 20.0 Å². The van der Waals surface area contributed by atoms with Crippen LogP contribution in [0.2, 0.25) is 0 Å². The summed E-state index contributed by atoms with van der Waals surface area (Å²) in [5, 5.41) is 11.0. The predicted molar refractivity (Wildman–Crippen MR) is 64.3 cm³/mol. The quantitative estimate of drug-likeness (QED) is 0.852. The first-order chi connectivity index (χ1) is 9.95. The molecule has 1 saturated heterocycles. The van der Waals surface area contributed by atoms with Crippen LogP contribution in [0.5, 0.6) is 0 Å². The average Bonchev–Trinajstić information content (AvgIpc) is 3.05. The lowest BCUT2D eigenvalue weighted by Gasteiger charge is -2.18. The Morgan fingerprint density at radius 1 is 1.33 bits per heavy atom. The van der Waals surface area contributed by atoms with Gasteiger partial charge in [-0.1, -0.05) is 0 Å². The molecule has 0 spiro atoms. The van der Waals surface area contributed by atoms with Crippen molar-refractivity contribution in [2.75, 3.05) is 13.2 Å². The molecule has 0 amide bonds. The number of ether oxygens (including phenoxy) is 1. The normalized spacial score (nSPS) is 19.9. The zero-order valence-electron chi connectivity index (χ0n) is 11.2. The van der Waals surface area contributed by atoms with E-state index in [2.05, 4.69) is 15.3 Å². The van der Waals surface area contributed by atoms with Crippen LogP contribution in [0.1, 0.15) is 30.3 Å². The summed E-state index contributed by atoms with van der Waals surface area (Å²) >= 11 is 0. The second-order valence-corrected chi connectivity index (χ2v) is 4.92. The summed E-state index contributed by atoms with van der Waals surface area (Å²) in [4.78, 5) is 0. The molecule has 21 heavy (non-hydrogen) atoms. The zero-order chi connectivity index (χ0) is 15.0. The summed E-state index contributed by atoms with van der Waals surface area (Å²) < 4.78 is 50.6. The van der Waals surface area contributed by atoms with Gasteiger partial charge in [0.05, 0.1) is 18.1 Å². The lowest BCUT2D eigenvalue weighted by Crippen LogP contribution is -2.15. The Morgan fingerprint density at radius 2 is 2.14 bits per heavy atom. The highest BCUT2D eigenvalue weighted by Crippen LogP contribution is 2.36. The molecule has 9 heteroatoms. The summed E-state index contributed by atoms with van der Waals surface area (Å²) in [6, 6.07) is 0. The fraction of sp³-hybridized carbons (Fsp3) is 0.583. The third kappa shape index (κ3) is 2.78. The van der Waals surface area contributed by atoms with E-state index in [0.29, 0.717) is 19.1 Å². The number of halogens is 3. The van der Waals surface area contributed by atoms with Crippen LogP contribution in [0.25, 0.3) is 11.5 Å². The molecule has 0 N–H and O–H groups in total. The second-order valence-electron chi connectivity index (χ2n) is 4.92. The fourth-order valence-corrected chi connectivity index (χ4v) is 2.30. The van der Waals surface area contributed by atoms with E-state index in [-0.39, 0.29) is 17.4 Å². The van der Waals surface area contributed by atoms with Crippen LogP contribution in [0.4, 0.5) is 13.2 Å². The Kier molecular flexibility index (Phi) is 3.44. The molecular weight excluding hydrogens is 289 g/mol. The van der Waals surface area contributed by atoms with Crippen LogP contribution in [-0.4, -0.2) is 33.2 Å². The lowest BCUT2D eigenvalue weighted by molar-refractivity contribution is -0.141. The van der Waals surface area contributed by atoms with Crippen molar-refractivity contribution in [2.24, 2.45) is 7.05 Å². The van der Waals surface area contributed by atoms with Crippen LogP contribution in [0, 0.1) is 0 Å². The maximum atomic E-state index is 12.9. The average molecular weight is 302 g/mol. The second kappa shape index (κ2) is 5.14. The molecule has 6 nitrogen and oxygen atoms in total. The van der Waals surface area contributed by atoms with Gasteiger partial charge < -0.3 is 9.15 Å². The van der Waals surface area contributed by atoms with Gasteiger partial charge in [0.2, 0.25) is 5.89 Å². The van der Waals surface area contributed by atoms with Crippen LogP contribution >= 0.6 is 0 Å². The molecule has 1 aliphatic heterocycles. The fourth-order valence-electron chi connectivity index (χ4n) is 2.30. The van der Waals surface area contributed by atoms with Gasteiger partial charge in [0.15, 0.2) is 5.69 Å². The lowest BCUT2D eigenvalue weighted by atomic mass is 10.0. The molecule has 2 aromatic heterocycles. The van der Waals surface area contributed by atoms with Crippen LogP contribution < -0.4 is 0 Å². The molecule has 1 unspecified atom stereocenters. The Hall–Kier alpha value is -1.90. The van der Waals surface area contributed by atoms with Gasteiger partial charge in [-0.05, 0) is 12.8 Å². The van der Waals surface area contributed by atoms with E-state index in [1.54, 1.807) is 0 Å². The highest BCUT2D eigenvalue weighted by Gasteiger charge is 2.39. The number of nitrogens with zero attached hydrogens (tertiary/aromatic N) is 4. The summed E-state index contributed by atoms with van der Waals surface area (Å²) in [7, 11) is 1.41. The Morgan fingerprint density at radius 3 is 2.81 bits per heavy atom. The molecule has 1 fully saturated rings. The van der Waals surface area contributed by atoms with Crippen LogP contribution in [-0.2, 0) is 18.0 Å². The van der Waals surface area contributed by atoms with Crippen molar-refractivity contribution >= 4 is 0 Å². The standard InChI is InChI=1S/C12H13F3N4O2/c1-19-5-8(9(18-19)12(13,14)15)11-17-16-10(21-11)7-3-2-4-20-6-7/h5,7H,2-4,6H2,1H3. The van der Waals surface area contributed by atoms with Gasteiger partial charge in [0.25, 0.3) is 5.89 Å². The minimum absolute atomic E-state index is 0.0639. The Balaban J connectivity index is 1.93. The first-order valence-electron chi connectivity index (χ1n) is 6.47. The third-order valence-electron chi connectivity index (χ3n) is 3.28. The summed E-state index contributed by atoms with van der Waals surface area (Å²) in [6.45, 7) is 1.12. The number of rotatable bonds is 2. The smallest absolute Gasteiger partial charge is 0.420 e. The van der Waals surface area contributed by atoms with Gasteiger partial charge in [0.1, 0.15) is 0 Å². The minimum atomic E-state index is -4.57. The van der Waals surface area contributed by atoms with E-state index in [1.165, 1.54) is 13.2 Å². The SMILES string of the molecule is Cn1cc(-c2nnc(C3CCCOC3)o2)c(C(F)(F)F)n1. The highest BCUT2D eigenvalue weighted by atomic mass is 19.4. The highest BCUT2D eigenvalue weighted by molar-refractivity contribution is 5.55. The third-order valence-corrected chi connectivity index (χ3v) is 3.28. The summed E-state index contributed by atoms with van der Waals surface area (Å²) in [5.74, 6) is 0.0729. The number of alkyl halides is 3. The number of aryl methyl sites for hydroxylation is 1. The number of hydrogen-bond acceptors (Lipinski definition) is 5. The number of hydrogen-bond donors (Lipinski definition) is 0. The van der Waals surface area contributed by atoms with E-state index < -0.39 is 11.9 Å². The zero-order valence-corrected chi connectivity index (χ0v) is 11.2. The van der Waals surface area contributed by atoms with Crippen LogP contribution in [0.3, 0.4) is 0 Å². The van der Waals surface area contributed by atoms with Crippen molar-refractivity contribution in [3.8, 4) is 11.5 Å². The summed E-state index contributed by atoms with van der Waals surface area (Å²) in [5.41, 5.74) is -1.24. The van der Waals surface area contributed by atoms with Crippen LogP contribution in [0.15, 0.2) is 10.6 Å². The molecule has 2 aromatic rings. The van der Waals surface area contributed by atoms with Crippen molar-refractivity contribution in [1.29, 1.82) is 0 Å². The van der Waals surface area contributed by atoms with Crippen molar-refractivity contribution in [2.45, 2.75) is 24.9 Å². The first kappa shape index (κ1) is 14.1. The topological polar surface area (TPSA) is 66.0 Å². The Bertz CT molecular complexity index is 629. The van der Waals surface area contributed by atoms with E-state index in [9.17, 15) is 13.2 Å². The number of aromatic nitrogens is 4. The van der Waals surface area contributed by atoms with Gasteiger partial charge >= 0.3 is 6.18 Å². The van der Waals surface area contributed by atoms with Gasteiger partial charge in [-0.15, -0.1) is 10.2 Å². The van der Waals surface area contributed by atoms with Gasteiger partial charge in [0, 0.05) is 19.9 Å².